The molecular weight excluding hydrogens is 979 g/mol. The van der Waals surface area contributed by atoms with Gasteiger partial charge in [0.25, 0.3) is 11.7 Å². The Kier molecular flexibility index (Phi) is 13.8. The Morgan fingerprint density at radius 3 is 1.15 bits per heavy atom. The van der Waals surface area contributed by atoms with Crippen LogP contribution in [0.25, 0.3) is 44.3 Å². The summed E-state index contributed by atoms with van der Waals surface area (Å²) in [5.74, 6) is 0.282. The molecule has 0 aliphatic rings. The maximum absolute atomic E-state index is 13.7. The zero-order valence-corrected chi connectivity index (χ0v) is 46.1. The average molecular weight is 1040 g/mol. The SMILES string of the molecule is CC(C)Cn1nc2c(-c3ccc(N(c4ccccc4)c4ccc(C(=O)c5ccc(C(C)(C)C)cc5)cc4)cc3)c3n[s+][n-]c3c(-c3ccc(N(c4ccccc4)c4ccc(C(=O)c5ccc(C(C)(C)C)cc5)cc4)cc3)c2n1. The molecule has 78 heavy (non-hydrogen) atoms. The first kappa shape index (κ1) is 51.3. The van der Waals surface area contributed by atoms with E-state index >= 15 is 0 Å². The van der Waals surface area contributed by atoms with E-state index in [1.807, 2.05) is 138 Å². The number of carbonyl (C=O) groups is 2. The number of nitrogens with zero attached hydrogens (tertiary/aromatic N) is 7. The van der Waals surface area contributed by atoms with Crippen molar-refractivity contribution in [2.75, 3.05) is 9.80 Å². The molecule has 0 bridgehead atoms. The number of hydrogen-bond acceptors (Lipinski definition) is 7. The molecular formula is C68H61N7O2S. The number of benzene rings is 9. The van der Waals surface area contributed by atoms with E-state index in [2.05, 4.69) is 138 Å². The van der Waals surface area contributed by atoms with Gasteiger partial charge >= 0.3 is 0 Å². The highest BCUT2D eigenvalue weighted by atomic mass is 32.1. The Labute approximate surface area is 460 Å². The molecule has 11 rings (SSSR count). The van der Waals surface area contributed by atoms with Crippen LogP contribution in [0.2, 0.25) is 0 Å². The Balaban J connectivity index is 0.928. The molecule has 0 saturated heterocycles. The summed E-state index contributed by atoms with van der Waals surface area (Å²) in [4.78, 5) is 33.6. The number of para-hydroxylation sites is 2. The molecule has 0 aliphatic heterocycles. The molecule has 0 aliphatic carbocycles. The van der Waals surface area contributed by atoms with Gasteiger partial charge in [-0.2, -0.15) is 23.7 Å². The van der Waals surface area contributed by atoms with Crippen LogP contribution in [0.5, 0.6) is 0 Å². The standard InChI is InChI=1S/C68H61N7O2S/c1-44(2)43-73-69-61-59(45-23-35-55(36-24-45)74(53-15-11-9-12-16-53)57-39-27-49(28-40-57)65(76)47-19-31-51(32-20-47)67(3,4)5)63-64(72-78-71-63)60(62(61)70-73)46-25-37-56(38-26-46)75(54-17-13-10-14-18-54)58-41-29-50(30-42-58)66(77)48-21-33-52(34-22-48)68(6,7)8/h9-42,44H,43H2,1-8H3. The van der Waals surface area contributed by atoms with Crippen molar-refractivity contribution in [1.82, 2.24) is 23.7 Å². The van der Waals surface area contributed by atoms with Gasteiger partial charge in [0.05, 0.1) is 6.54 Å². The van der Waals surface area contributed by atoms with Crippen LogP contribution in [0.1, 0.15) is 98.4 Å². The van der Waals surface area contributed by atoms with Crippen LogP contribution in [0.3, 0.4) is 0 Å². The highest BCUT2D eigenvalue weighted by molar-refractivity contribution is 7.00. The van der Waals surface area contributed by atoms with Crippen molar-refractivity contribution in [3.63, 3.8) is 0 Å². The Hall–Kier alpha value is -8.86. The summed E-state index contributed by atoms with van der Waals surface area (Å²) in [6, 6.07) is 69.1. The molecule has 11 aromatic rings. The first-order valence-corrected chi connectivity index (χ1v) is 27.3. The number of hydrogen-bond donors (Lipinski definition) is 0. The van der Waals surface area contributed by atoms with Gasteiger partial charge in [-0.1, -0.05) is 165 Å². The molecule has 2 aromatic heterocycles. The van der Waals surface area contributed by atoms with E-state index < -0.39 is 0 Å². The minimum atomic E-state index is -0.0124. The Bertz CT molecular complexity index is 3660. The van der Waals surface area contributed by atoms with E-state index in [0.717, 1.165) is 78.4 Å². The lowest BCUT2D eigenvalue weighted by atomic mass is 9.86. The summed E-state index contributed by atoms with van der Waals surface area (Å²) in [7, 11) is 0. The highest BCUT2D eigenvalue weighted by Gasteiger charge is 2.25. The number of anilines is 6. The fraction of sp³-hybridized carbons (Fsp3) is 0.176. The summed E-state index contributed by atoms with van der Waals surface area (Å²) in [6.07, 6.45) is 0. The zero-order chi connectivity index (χ0) is 54.3. The van der Waals surface area contributed by atoms with Crippen molar-refractivity contribution in [3.05, 3.63) is 240 Å². The lowest BCUT2D eigenvalue weighted by Crippen LogP contribution is -2.12. The maximum Gasteiger partial charge on any atom is 0.279 e. The van der Waals surface area contributed by atoms with Crippen molar-refractivity contribution in [1.29, 1.82) is 0 Å². The fourth-order valence-corrected chi connectivity index (χ4v) is 10.6. The van der Waals surface area contributed by atoms with E-state index in [9.17, 15) is 9.59 Å². The Morgan fingerprint density at radius 1 is 0.449 bits per heavy atom. The van der Waals surface area contributed by atoms with Gasteiger partial charge in [0.2, 0.25) is 0 Å². The van der Waals surface area contributed by atoms with Crippen LogP contribution < -0.4 is 14.2 Å². The van der Waals surface area contributed by atoms with Crippen molar-refractivity contribution < 1.29 is 9.59 Å². The molecule has 0 saturated carbocycles. The predicted octanol–water partition coefficient (Wildman–Crippen LogP) is 17.3. The summed E-state index contributed by atoms with van der Waals surface area (Å²) in [5.41, 5.74) is 17.3. The van der Waals surface area contributed by atoms with Crippen molar-refractivity contribution in [2.24, 2.45) is 5.92 Å². The molecule has 0 spiro atoms. The molecule has 386 valence electrons. The zero-order valence-electron chi connectivity index (χ0n) is 45.3. The average Bonchev–Trinajstić information content (AvgIpc) is 4.18. The lowest BCUT2D eigenvalue weighted by molar-refractivity contribution is 0.103. The first-order chi connectivity index (χ1) is 37.6. The van der Waals surface area contributed by atoms with Gasteiger partial charge in [-0.05, 0) is 136 Å². The molecule has 9 aromatic carbocycles. The molecule has 0 unspecified atom stereocenters. The number of fused-ring (bicyclic) bond motifs is 2. The first-order valence-electron chi connectivity index (χ1n) is 26.5. The summed E-state index contributed by atoms with van der Waals surface area (Å²) in [6.45, 7) is 18.0. The van der Waals surface area contributed by atoms with Crippen molar-refractivity contribution in [2.45, 2.75) is 72.8 Å². The second-order valence-corrected chi connectivity index (χ2v) is 22.9. The third-order valence-corrected chi connectivity index (χ3v) is 14.8. The van der Waals surface area contributed by atoms with Crippen LogP contribution in [0.4, 0.5) is 34.1 Å². The molecule has 0 atom stereocenters. The van der Waals surface area contributed by atoms with Gasteiger partial charge in [-0.25, -0.2) is 0 Å². The van der Waals surface area contributed by atoms with Crippen LogP contribution in [0.15, 0.2) is 206 Å². The molecule has 0 radical (unpaired) electrons. The molecule has 10 heteroatoms. The molecule has 0 fully saturated rings. The van der Waals surface area contributed by atoms with Crippen LogP contribution in [0, 0.1) is 5.92 Å². The van der Waals surface area contributed by atoms with Crippen molar-refractivity contribution >= 4 is 79.5 Å². The van der Waals surface area contributed by atoms with E-state index in [0.29, 0.717) is 34.7 Å². The van der Waals surface area contributed by atoms with Gasteiger partial charge in [-0.15, -0.1) is 0 Å². The highest BCUT2D eigenvalue weighted by Crippen LogP contribution is 2.44. The summed E-state index contributed by atoms with van der Waals surface area (Å²) >= 11 is 1.18. The van der Waals surface area contributed by atoms with E-state index in [1.165, 1.54) is 22.9 Å². The number of carbonyl (C=O) groups excluding carboxylic acids is 2. The van der Waals surface area contributed by atoms with Gasteiger partial charge in [0.15, 0.2) is 11.6 Å². The third-order valence-electron chi connectivity index (χ3n) is 14.3. The summed E-state index contributed by atoms with van der Waals surface area (Å²) in [5, 5.41) is 10.4. The minimum absolute atomic E-state index is 0.00253. The van der Waals surface area contributed by atoms with Gasteiger partial charge in [0.1, 0.15) is 11.0 Å². The maximum atomic E-state index is 13.7. The van der Waals surface area contributed by atoms with Crippen LogP contribution >= 0.6 is 11.7 Å². The van der Waals surface area contributed by atoms with Gasteiger partial charge in [0, 0.05) is 78.5 Å². The van der Waals surface area contributed by atoms with Crippen LogP contribution in [-0.2, 0) is 17.4 Å². The number of rotatable bonds is 14. The second-order valence-electron chi connectivity index (χ2n) is 22.4. The predicted molar refractivity (Wildman–Crippen MR) is 321 cm³/mol. The topological polar surface area (TPSA) is 98.3 Å². The van der Waals surface area contributed by atoms with E-state index in [4.69, 9.17) is 18.9 Å². The van der Waals surface area contributed by atoms with Crippen molar-refractivity contribution in [3.8, 4) is 22.3 Å². The van der Waals surface area contributed by atoms with Gasteiger partial charge in [-0.3, -0.25) is 9.59 Å². The van der Waals surface area contributed by atoms with E-state index in [1.54, 1.807) is 0 Å². The third kappa shape index (κ3) is 10.3. The molecule has 9 nitrogen and oxygen atoms in total. The largest absolute Gasteiger partial charge is 0.311 e. The second kappa shape index (κ2) is 20.9. The lowest BCUT2D eigenvalue weighted by Gasteiger charge is -2.26. The molecule has 0 N–H and O–H groups in total. The number of ketones is 2. The van der Waals surface area contributed by atoms with Gasteiger partial charge < -0.3 is 9.80 Å². The quantitative estimate of drug-likeness (QED) is 0.0785. The summed E-state index contributed by atoms with van der Waals surface area (Å²) < 4.78 is 9.95. The fourth-order valence-electron chi connectivity index (χ4n) is 10.1. The Morgan fingerprint density at radius 2 is 0.782 bits per heavy atom. The molecule has 0 amide bonds. The minimum Gasteiger partial charge on any atom is -0.311 e. The monoisotopic (exact) mass is 1040 g/mol. The van der Waals surface area contributed by atoms with E-state index in [-0.39, 0.29) is 22.4 Å². The smallest absolute Gasteiger partial charge is 0.279 e. The van der Waals surface area contributed by atoms with Crippen LogP contribution in [-0.4, -0.2) is 30.9 Å². The molecule has 2 heterocycles. The normalized spacial score (nSPS) is 11.9. The number of aromatic nitrogens is 5.